The van der Waals surface area contributed by atoms with Gasteiger partial charge in [-0.3, -0.25) is 4.79 Å². The molecular weight excluding hydrogens is 286 g/mol. The molecule has 1 fully saturated rings. The molecule has 1 amide bonds. The quantitative estimate of drug-likeness (QED) is 0.768. The van der Waals surface area contributed by atoms with Gasteiger partial charge in [-0.15, -0.1) is 11.3 Å². The van der Waals surface area contributed by atoms with E-state index >= 15 is 0 Å². The summed E-state index contributed by atoms with van der Waals surface area (Å²) in [6.07, 6.45) is 1.13. The highest BCUT2D eigenvalue weighted by Gasteiger charge is 2.27. The second-order valence-corrected chi connectivity index (χ2v) is 6.31. The van der Waals surface area contributed by atoms with Gasteiger partial charge in [0.25, 0.3) is 5.91 Å². The smallest absolute Gasteiger partial charge is 0.263 e. The number of alkyl halides is 1. The first-order chi connectivity index (χ1) is 7.61. The van der Waals surface area contributed by atoms with Gasteiger partial charge in [-0.05, 0) is 37.8 Å². The van der Waals surface area contributed by atoms with Gasteiger partial charge in [0.2, 0.25) is 0 Å². The summed E-state index contributed by atoms with van der Waals surface area (Å²) in [6, 6.07) is 2.02. The van der Waals surface area contributed by atoms with Crippen molar-refractivity contribution in [1.29, 1.82) is 0 Å². The molecule has 0 spiro atoms. The number of thiophene rings is 1. The molecule has 1 aliphatic rings. The molecule has 0 aliphatic carbocycles. The van der Waals surface area contributed by atoms with E-state index in [0.29, 0.717) is 5.92 Å². The maximum atomic E-state index is 12.2. The zero-order valence-electron chi connectivity index (χ0n) is 9.62. The number of nitrogens with zero attached hydrogens (tertiary/aromatic N) is 1. The van der Waals surface area contributed by atoms with Gasteiger partial charge in [0, 0.05) is 23.3 Å². The van der Waals surface area contributed by atoms with Crippen LogP contribution in [0.3, 0.4) is 0 Å². The second-order valence-electron chi connectivity index (χ2n) is 4.41. The number of rotatable bonds is 2. The molecule has 1 aliphatic heterocycles. The standard InChI is InChI=1S/C12H16BrNOS/c1-8-5-11(16-9(8)2)12(15)14-4-3-10(6-13)7-14/h5,10H,3-4,6-7H2,1-2H3. The first kappa shape index (κ1) is 12.1. The summed E-state index contributed by atoms with van der Waals surface area (Å²) in [5.74, 6) is 0.843. The predicted molar refractivity (Wildman–Crippen MR) is 71.6 cm³/mol. The lowest BCUT2D eigenvalue weighted by Gasteiger charge is -2.14. The summed E-state index contributed by atoms with van der Waals surface area (Å²) in [5.41, 5.74) is 1.23. The molecule has 2 heterocycles. The molecular formula is C12H16BrNOS. The average Bonchev–Trinajstić information content (AvgIpc) is 2.86. The van der Waals surface area contributed by atoms with Crippen molar-refractivity contribution < 1.29 is 4.79 Å². The Kier molecular flexibility index (Phi) is 3.70. The van der Waals surface area contributed by atoms with Crippen LogP contribution in [0.2, 0.25) is 0 Å². The topological polar surface area (TPSA) is 20.3 Å². The summed E-state index contributed by atoms with van der Waals surface area (Å²) in [7, 11) is 0. The van der Waals surface area contributed by atoms with E-state index in [4.69, 9.17) is 0 Å². The maximum absolute atomic E-state index is 12.2. The SMILES string of the molecule is Cc1cc(C(=O)N2CCC(CBr)C2)sc1C. The number of halogens is 1. The number of carbonyl (C=O) groups is 1. The largest absolute Gasteiger partial charge is 0.338 e. The fourth-order valence-electron chi connectivity index (χ4n) is 1.98. The van der Waals surface area contributed by atoms with Crippen LogP contribution in [0.5, 0.6) is 0 Å². The van der Waals surface area contributed by atoms with Crippen molar-refractivity contribution in [3.8, 4) is 0 Å². The third-order valence-electron chi connectivity index (χ3n) is 3.17. The highest BCUT2D eigenvalue weighted by atomic mass is 79.9. The molecule has 0 bridgehead atoms. The fraction of sp³-hybridized carbons (Fsp3) is 0.583. The molecule has 16 heavy (non-hydrogen) atoms. The van der Waals surface area contributed by atoms with Crippen molar-refractivity contribution in [1.82, 2.24) is 4.90 Å². The molecule has 0 radical (unpaired) electrons. The second kappa shape index (κ2) is 4.88. The van der Waals surface area contributed by atoms with Gasteiger partial charge in [-0.25, -0.2) is 0 Å². The first-order valence-corrected chi connectivity index (χ1v) is 7.48. The average molecular weight is 302 g/mol. The molecule has 1 unspecified atom stereocenters. The summed E-state index contributed by atoms with van der Waals surface area (Å²) < 4.78 is 0. The minimum Gasteiger partial charge on any atom is -0.338 e. The van der Waals surface area contributed by atoms with Crippen molar-refractivity contribution in [2.75, 3.05) is 18.4 Å². The molecule has 88 valence electrons. The number of amides is 1. The van der Waals surface area contributed by atoms with E-state index in [1.807, 2.05) is 11.0 Å². The summed E-state index contributed by atoms with van der Waals surface area (Å²) in [4.78, 5) is 16.3. The van der Waals surface area contributed by atoms with Crippen LogP contribution < -0.4 is 0 Å². The minimum absolute atomic E-state index is 0.213. The van der Waals surface area contributed by atoms with Gasteiger partial charge in [0.1, 0.15) is 0 Å². The molecule has 1 aromatic rings. The Balaban J connectivity index is 2.08. The molecule has 1 saturated heterocycles. The van der Waals surface area contributed by atoms with E-state index in [-0.39, 0.29) is 5.91 Å². The van der Waals surface area contributed by atoms with E-state index in [1.165, 1.54) is 10.4 Å². The summed E-state index contributed by atoms with van der Waals surface area (Å²) in [5, 5.41) is 0.999. The van der Waals surface area contributed by atoms with Crippen LogP contribution in [0.15, 0.2) is 6.07 Å². The van der Waals surface area contributed by atoms with E-state index in [9.17, 15) is 4.79 Å². The Morgan fingerprint density at radius 2 is 2.38 bits per heavy atom. The van der Waals surface area contributed by atoms with Crippen molar-refractivity contribution in [2.24, 2.45) is 5.92 Å². The first-order valence-electron chi connectivity index (χ1n) is 5.54. The molecule has 2 nitrogen and oxygen atoms in total. The van der Waals surface area contributed by atoms with Crippen LogP contribution in [0, 0.1) is 19.8 Å². The maximum Gasteiger partial charge on any atom is 0.263 e. The van der Waals surface area contributed by atoms with Crippen molar-refractivity contribution >= 4 is 33.2 Å². The molecule has 2 rings (SSSR count). The van der Waals surface area contributed by atoms with Gasteiger partial charge >= 0.3 is 0 Å². The third kappa shape index (κ3) is 2.33. The van der Waals surface area contributed by atoms with Crippen molar-refractivity contribution in [3.05, 3.63) is 21.4 Å². The van der Waals surface area contributed by atoms with Crippen LogP contribution in [0.1, 0.15) is 26.5 Å². The number of aryl methyl sites for hydroxylation is 2. The van der Waals surface area contributed by atoms with Gasteiger partial charge in [0.05, 0.1) is 4.88 Å². The normalized spacial score (nSPS) is 20.4. The molecule has 0 N–H and O–H groups in total. The Hall–Kier alpha value is -0.350. The van der Waals surface area contributed by atoms with Crippen molar-refractivity contribution in [3.63, 3.8) is 0 Å². The highest BCUT2D eigenvalue weighted by molar-refractivity contribution is 9.09. The summed E-state index contributed by atoms with van der Waals surface area (Å²) in [6.45, 7) is 5.95. The lowest BCUT2D eigenvalue weighted by Crippen LogP contribution is -2.28. The molecule has 4 heteroatoms. The lowest BCUT2D eigenvalue weighted by molar-refractivity contribution is 0.0793. The lowest BCUT2D eigenvalue weighted by atomic mass is 10.2. The van der Waals surface area contributed by atoms with Crippen molar-refractivity contribution in [2.45, 2.75) is 20.3 Å². The predicted octanol–water partition coefficient (Wildman–Crippen LogP) is 3.22. The third-order valence-corrected chi connectivity index (χ3v) is 5.22. The van der Waals surface area contributed by atoms with Gasteiger partial charge < -0.3 is 4.90 Å². The van der Waals surface area contributed by atoms with E-state index in [1.54, 1.807) is 11.3 Å². The number of likely N-dealkylation sites (tertiary alicyclic amines) is 1. The molecule has 1 atom stereocenters. The Morgan fingerprint density at radius 1 is 1.62 bits per heavy atom. The zero-order valence-corrected chi connectivity index (χ0v) is 12.0. The van der Waals surface area contributed by atoms with Crippen LogP contribution >= 0.6 is 27.3 Å². The van der Waals surface area contributed by atoms with Crippen LogP contribution in [0.4, 0.5) is 0 Å². The monoisotopic (exact) mass is 301 g/mol. The highest BCUT2D eigenvalue weighted by Crippen LogP contribution is 2.25. The fourth-order valence-corrected chi connectivity index (χ4v) is 3.51. The Morgan fingerprint density at radius 3 is 2.88 bits per heavy atom. The minimum atomic E-state index is 0.213. The van der Waals surface area contributed by atoms with Gasteiger partial charge in [0.15, 0.2) is 0 Å². The Bertz CT molecular complexity index is 382. The van der Waals surface area contributed by atoms with Gasteiger partial charge in [-0.2, -0.15) is 0 Å². The molecule has 1 aromatic heterocycles. The van der Waals surface area contributed by atoms with Crippen LogP contribution in [-0.4, -0.2) is 29.2 Å². The summed E-state index contributed by atoms with van der Waals surface area (Å²) >= 11 is 5.10. The number of carbonyl (C=O) groups excluding carboxylic acids is 1. The van der Waals surface area contributed by atoms with Crippen LogP contribution in [0.25, 0.3) is 0 Å². The van der Waals surface area contributed by atoms with Gasteiger partial charge in [-0.1, -0.05) is 15.9 Å². The van der Waals surface area contributed by atoms with E-state index < -0.39 is 0 Å². The van der Waals surface area contributed by atoms with E-state index in [2.05, 4.69) is 29.8 Å². The Labute approximate surface area is 109 Å². The van der Waals surface area contributed by atoms with E-state index in [0.717, 1.165) is 29.7 Å². The zero-order chi connectivity index (χ0) is 11.7. The number of hydrogen-bond acceptors (Lipinski definition) is 2. The molecule has 0 aromatic carbocycles. The van der Waals surface area contributed by atoms with Crippen LogP contribution in [-0.2, 0) is 0 Å². The number of hydrogen-bond donors (Lipinski definition) is 0. The molecule has 0 saturated carbocycles.